The zero-order valence-electron chi connectivity index (χ0n) is 10.2. The highest BCUT2D eigenvalue weighted by molar-refractivity contribution is 5.41. The summed E-state index contributed by atoms with van der Waals surface area (Å²) in [5.74, 6) is 0.825. The van der Waals surface area contributed by atoms with E-state index in [0.717, 1.165) is 17.7 Å². The van der Waals surface area contributed by atoms with Crippen LogP contribution in [0.25, 0.3) is 0 Å². The van der Waals surface area contributed by atoms with Crippen molar-refractivity contribution in [2.24, 2.45) is 0 Å². The Kier molecular flexibility index (Phi) is 3.03. The molecule has 1 N–H and O–H groups in total. The van der Waals surface area contributed by atoms with Crippen molar-refractivity contribution < 1.29 is 9.84 Å². The van der Waals surface area contributed by atoms with E-state index < -0.39 is 0 Å². The van der Waals surface area contributed by atoms with Crippen molar-refractivity contribution in [3.05, 3.63) is 65.2 Å². The maximum Gasteiger partial charge on any atom is 0.125 e. The normalized spacial score (nSPS) is 17.9. The fourth-order valence-electron chi connectivity index (χ4n) is 2.37. The molecule has 2 aromatic carbocycles. The minimum atomic E-state index is -0.385. The first-order valence-electron chi connectivity index (χ1n) is 6.30. The second-order valence-electron chi connectivity index (χ2n) is 4.69. The smallest absolute Gasteiger partial charge is 0.125 e. The van der Waals surface area contributed by atoms with Crippen molar-refractivity contribution in [1.29, 1.82) is 0 Å². The van der Waals surface area contributed by atoms with Crippen LogP contribution in [-0.2, 0) is 6.42 Å². The Balaban J connectivity index is 1.88. The van der Waals surface area contributed by atoms with Crippen molar-refractivity contribution >= 4 is 0 Å². The van der Waals surface area contributed by atoms with Crippen molar-refractivity contribution in [2.45, 2.75) is 18.9 Å². The lowest BCUT2D eigenvalue weighted by Gasteiger charge is -2.22. The maximum absolute atomic E-state index is 9.97. The first-order valence-corrected chi connectivity index (χ1v) is 6.30. The Labute approximate surface area is 107 Å². The SMILES string of the molecule is O[C@H]1CCOc2ccc(Cc3ccccc3)cc21. The van der Waals surface area contributed by atoms with Crippen molar-refractivity contribution in [2.75, 3.05) is 6.61 Å². The predicted molar refractivity (Wildman–Crippen MR) is 70.8 cm³/mol. The molecule has 0 fully saturated rings. The summed E-state index contributed by atoms with van der Waals surface area (Å²) in [6, 6.07) is 16.5. The Bertz CT molecular complexity index is 534. The van der Waals surface area contributed by atoms with Gasteiger partial charge in [-0.05, 0) is 29.7 Å². The fraction of sp³-hybridized carbons (Fsp3) is 0.250. The highest BCUT2D eigenvalue weighted by Crippen LogP contribution is 2.32. The lowest BCUT2D eigenvalue weighted by molar-refractivity contribution is 0.115. The number of benzene rings is 2. The van der Waals surface area contributed by atoms with Crippen molar-refractivity contribution in [1.82, 2.24) is 0 Å². The number of rotatable bonds is 2. The number of ether oxygens (including phenoxy) is 1. The number of hydrogen-bond acceptors (Lipinski definition) is 2. The molecule has 92 valence electrons. The van der Waals surface area contributed by atoms with Crippen LogP contribution < -0.4 is 4.74 Å². The predicted octanol–water partition coefficient (Wildman–Crippen LogP) is 3.09. The summed E-state index contributed by atoms with van der Waals surface area (Å²) in [5, 5.41) is 9.97. The van der Waals surface area contributed by atoms with Gasteiger partial charge in [-0.15, -0.1) is 0 Å². The van der Waals surface area contributed by atoms with Crippen LogP contribution in [0.5, 0.6) is 5.75 Å². The summed E-state index contributed by atoms with van der Waals surface area (Å²) >= 11 is 0. The molecule has 0 aromatic heterocycles. The third-order valence-electron chi connectivity index (χ3n) is 3.33. The Morgan fingerprint density at radius 2 is 1.89 bits per heavy atom. The molecule has 0 aliphatic carbocycles. The van der Waals surface area contributed by atoms with Gasteiger partial charge in [0.2, 0.25) is 0 Å². The summed E-state index contributed by atoms with van der Waals surface area (Å²) in [6.45, 7) is 0.603. The molecule has 2 nitrogen and oxygen atoms in total. The summed E-state index contributed by atoms with van der Waals surface area (Å²) in [6.07, 6.45) is 1.19. The molecule has 18 heavy (non-hydrogen) atoms. The van der Waals surface area contributed by atoms with Crippen molar-refractivity contribution in [3.63, 3.8) is 0 Å². The van der Waals surface area contributed by atoms with Gasteiger partial charge in [-0.25, -0.2) is 0 Å². The summed E-state index contributed by atoms with van der Waals surface area (Å²) in [5.41, 5.74) is 3.42. The van der Waals surface area contributed by atoms with E-state index in [0.29, 0.717) is 13.0 Å². The number of hydrogen-bond donors (Lipinski definition) is 1. The van der Waals surface area contributed by atoms with Gasteiger partial charge in [0, 0.05) is 12.0 Å². The molecular formula is C16H16O2. The maximum atomic E-state index is 9.97. The Hall–Kier alpha value is -1.80. The van der Waals surface area contributed by atoms with E-state index in [1.807, 2.05) is 24.3 Å². The van der Waals surface area contributed by atoms with E-state index in [1.54, 1.807) is 0 Å². The lowest BCUT2D eigenvalue weighted by atomic mass is 9.97. The van der Waals surface area contributed by atoms with Crippen LogP contribution in [0.3, 0.4) is 0 Å². The molecular weight excluding hydrogens is 224 g/mol. The van der Waals surface area contributed by atoms with Crippen LogP contribution in [0.15, 0.2) is 48.5 Å². The molecule has 1 atom stereocenters. The van der Waals surface area contributed by atoms with Gasteiger partial charge >= 0.3 is 0 Å². The molecule has 2 heteroatoms. The average molecular weight is 240 g/mol. The first kappa shape index (κ1) is 11.3. The molecule has 0 saturated heterocycles. The summed E-state index contributed by atoms with van der Waals surface area (Å²) in [7, 11) is 0. The average Bonchev–Trinajstić information content (AvgIpc) is 2.41. The minimum Gasteiger partial charge on any atom is -0.493 e. The molecule has 0 bridgehead atoms. The van der Waals surface area contributed by atoms with Crippen LogP contribution in [0.4, 0.5) is 0 Å². The van der Waals surface area contributed by atoms with Crippen LogP contribution in [0, 0.1) is 0 Å². The van der Waals surface area contributed by atoms with Gasteiger partial charge in [-0.2, -0.15) is 0 Å². The molecule has 1 aliphatic rings. The van der Waals surface area contributed by atoms with Gasteiger partial charge in [0.15, 0.2) is 0 Å². The van der Waals surface area contributed by atoms with E-state index in [-0.39, 0.29) is 6.10 Å². The first-order chi connectivity index (χ1) is 8.83. The largest absolute Gasteiger partial charge is 0.493 e. The van der Waals surface area contributed by atoms with Crippen molar-refractivity contribution in [3.8, 4) is 5.75 Å². The molecule has 1 heterocycles. The molecule has 0 unspecified atom stereocenters. The van der Waals surface area contributed by atoms with Gasteiger partial charge in [0.05, 0.1) is 12.7 Å². The molecule has 2 aromatic rings. The van der Waals surface area contributed by atoms with E-state index in [4.69, 9.17) is 4.74 Å². The van der Waals surface area contributed by atoms with Crippen LogP contribution in [-0.4, -0.2) is 11.7 Å². The van der Waals surface area contributed by atoms with Crippen LogP contribution >= 0.6 is 0 Å². The molecule has 0 spiro atoms. The second kappa shape index (κ2) is 4.83. The zero-order valence-corrected chi connectivity index (χ0v) is 10.2. The van der Waals surface area contributed by atoms with E-state index in [2.05, 4.69) is 24.3 Å². The molecule has 0 radical (unpaired) electrons. The van der Waals surface area contributed by atoms with Gasteiger partial charge < -0.3 is 9.84 Å². The Morgan fingerprint density at radius 1 is 1.06 bits per heavy atom. The topological polar surface area (TPSA) is 29.5 Å². The van der Waals surface area contributed by atoms with Gasteiger partial charge in [-0.1, -0.05) is 36.4 Å². The number of aliphatic hydroxyl groups is 1. The van der Waals surface area contributed by atoms with Gasteiger partial charge in [0.25, 0.3) is 0 Å². The lowest BCUT2D eigenvalue weighted by Crippen LogP contribution is -2.13. The van der Waals surface area contributed by atoms with Crippen LogP contribution in [0.2, 0.25) is 0 Å². The summed E-state index contributed by atoms with van der Waals surface area (Å²) < 4.78 is 5.54. The highest BCUT2D eigenvalue weighted by Gasteiger charge is 2.19. The molecule has 3 rings (SSSR count). The molecule has 0 amide bonds. The third kappa shape index (κ3) is 2.24. The van der Waals surface area contributed by atoms with E-state index in [9.17, 15) is 5.11 Å². The van der Waals surface area contributed by atoms with E-state index >= 15 is 0 Å². The fourth-order valence-corrected chi connectivity index (χ4v) is 2.37. The van der Waals surface area contributed by atoms with Crippen LogP contribution in [0.1, 0.15) is 29.2 Å². The Morgan fingerprint density at radius 3 is 2.72 bits per heavy atom. The molecule has 0 saturated carbocycles. The standard InChI is InChI=1S/C16H16O2/c17-15-8-9-18-16-7-6-13(11-14(15)16)10-12-4-2-1-3-5-12/h1-7,11,15,17H,8-10H2/t15-/m0/s1. The highest BCUT2D eigenvalue weighted by atomic mass is 16.5. The van der Waals surface area contributed by atoms with Gasteiger partial charge in [-0.3, -0.25) is 0 Å². The third-order valence-corrected chi connectivity index (χ3v) is 3.33. The summed E-state index contributed by atoms with van der Waals surface area (Å²) in [4.78, 5) is 0. The second-order valence-corrected chi connectivity index (χ2v) is 4.69. The number of fused-ring (bicyclic) bond motifs is 1. The van der Waals surface area contributed by atoms with E-state index in [1.165, 1.54) is 11.1 Å². The monoisotopic (exact) mass is 240 g/mol. The minimum absolute atomic E-state index is 0.385. The van der Waals surface area contributed by atoms with Gasteiger partial charge in [0.1, 0.15) is 5.75 Å². The number of aliphatic hydroxyl groups excluding tert-OH is 1. The quantitative estimate of drug-likeness (QED) is 0.874. The molecule has 1 aliphatic heterocycles. The zero-order chi connectivity index (χ0) is 12.4.